The molecule has 0 aromatic rings. The number of carboxylic acid groups (broad SMARTS) is 1. The number of nitrogens with one attached hydrogen (secondary N) is 1. The van der Waals surface area contributed by atoms with Crippen molar-refractivity contribution in [2.75, 3.05) is 13.2 Å². The standard InChI is InChI=1S/C12H17NO6/c1-3-10(14)18-7-5-9(13-12(16)17)6-8-19-11(15)4-2/h3-4,9,13H,1-2,5-8H2,(H,16,17). The molecule has 0 fully saturated rings. The number of carbonyl (C=O) groups excluding carboxylic acids is 2. The lowest BCUT2D eigenvalue weighted by atomic mass is 10.1. The molecule has 0 rings (SSSR count). The summed E-state index contributed by atoms with van der Waals surface area (Å²) in [5.41, 5.74) is 0. The van der Waals surface area contributed by atoms with E-state index in [0.717, 1.165) is 12.2 Å². The zero-order chi connectivity index (χ0) is 14.7. The van der Waals surface area contributed by atoms with E-state index in [-0.39, 0.29) is 26.1 Å². The molecule has 0 aliphatic carbocycles. The molecule has 7 nitrogen and oxygen atoms in total. The van der Waals surface area contributed by atoms with Crippen LogP contribution in [0.1, 0.15) is 12.8 Å². The van der Waals surface area contributed by atoms with Crippen LogP contribution in [0.4, 0.5) is 4.79 Å². The van der Waals surface area contributed by atoms with Crippen LogP contribution in [-0.4, -0.2) is 42.4 Å². The van der Waals surface area contributed by atoms with Crippen LogP contribution in [0.3, 0.4) is 0 Å². The van der Waals surface area contributed by atoms with Crippen LogP contribution in [-0.2, 0) is 19.1 Å². The van der Waals surface area contributed by atoms with Crippen LogP contribution in [0, 0.1) is 0 Å². The molecule has 2 N–H and O–H groups in total. The normalized spacial score (nSPS) is 9.53. The summed E-state index contributed by atoms with van der Waals surface area (Å²) >= 11 is 0. The van der Waals surface area contributed by atoms with E-state index < -0.39 is 24.1 Å². The maximum atomic E-state index is 10.8. The third kappa shape index (κ3) is 9.40. The van der Waals surface area contributed by atoms with Gasteiger partial charge in [0.15, 0.2) is 0 Å². The van der Waals surface area contributed by atoms with Gasteiger partial charge >= 0.3 is 18.0 Å². The minimum atomic E-state index is -1.20. The molecule has 0 atom stereocenters. The monoisotopic (exact) mass is 271 g/mol. The van der Waals surface area contributed by atoms with E-state index in [9.17, 15) is 14.4 Å². The molecule has 0 aliphatic rings. The Kier molecular flexibility index (Phi) is 8.51. The highest BCUT2D eigenvalue weighted by molar-refractivity contribution is 5.81. The summed E-state index contributed by atoms with van der Waals surface area (Å²) in [7, 11) is 0. The van der Waals surface area contributed by atoms with Crippen molar-refractivity contribution in [3.05, 3.63) is 25.3 Å². The molecule has 0 unspecified atom stereocenters. The second kappa shape index (κ2) is 9.69. The van der Waals surface area contributed by atoms with Gasteiger partial charge in [0.05, 0.1) is 13.2 Å². The topological polar surface area (TPSA) is 102 Å². The molecule has 7 heteroatoms. The summed E-state index contributed by atoms with van der Waals surface area (Å²) in [5.74, 6) is -1.15. The molecule has 1 amide bonds. The molecule has 0 saturated heterocycles. The highest BCUT2D eigenvalue weighted by Crippen LogP contribution is 2.01. The van der Waals surface area contributed by atoms with Crippen LogP contribution in [0.2, 0.25) is 0 Å². The van der Waals surface area contributed by atoms with E-state index >= 15 is 0 Å². The number of carbonyl (C=O) groups is 3. The maximum Gasteiger partial charge on any atom is 0.404 e. The van der Waals surface area contributed by atoms with Crippen molar-refractivity contribution in [3.8, 4) is 0 Å². The minimum absolute atomic E-state index is 0.0468. The summed E-state index contributed by atoms with van der Waals surface area (Å²) in [6.45, 7) is 6.56. The van der Waals surface area contributed by atoms with E-state index in [4.69, 9.17) is 14.6 Å². The van der Waals surface area contributed by atoms with Crippen molar-refractivity contribution in [2.45, 2.75) is 18.9 Å². The molecular formula is C12H17NO6. The summed E-state index contributed by atoms with van der Waals surface area (Å²) in [6.07, 6.45) is 1.39. The first-order valence-corrected chi connectivity index (χ1v) is 5.57. The molecule has 0 aliphatic heterocycles. The zero-order valence-electron chi connectivity index (χ0n) is 10.5. The van der Waals surface area contributed by atoms with Crippen molar-refractivity contribution in [3.63, 3.8) is 0 Å². The molecule has 0 aromatic heterocycles. The van der Waals surface area contributed by atoms with Gasteiger partial charge < -0.3 is 19.9 Å². The molecule has 0 heterocycles. The van der Waals surface area contributed by atoms with E-state index in [0.29, 0.717) is 0 Å². The Morgan fingerprint density at radius 1 is 1.05 bits per heavy atom. The third-order valence-electron chi connectivity index (χ3n) is 2.08. The molecule has 0 spiro atoms. The fraction of sp³-hybridized carbons (Fsp3) is 0.417. The third-order valence-corrected chi connectivity index (χ3v) is 2.08. The Bertz CT molecular complexity index is 326. The zero-order valence-corrected chi connectivity index (χ0v) is 10.5. The van der Waals surface area contributed by atoms with Gasteiger partial charge in [-0.05, 0) is 0 Å². The molecular weight excluding hydrogens is 254 g/mol. The predicted molar refractivity (Wildman–Crippen MR) is 66.5 cm³/mol. The Morgan fingerprint density at radius 2 is 1.47 bits per heavy atom. The lowest BCUT2D eigenvalue weighted by Crippen LogP contribution is -2.35. The van der Waals surface area contributed by atoms with Crippen molar-refractivity contribution in [1.82, 2.24) is 5.32 Å². The summed E-state index contributed by atoms with van der Waals surface area (Å²) in [5, 5.41) is 10.9. The predicted octanol–water partition coefficient (Wildman–Crippen LogP) is 0.861. The van der Waals surface area contributed by atoms with Gasteiger partial charge in [-0.1, -0.05) is 13.2 Å². The van der Waals surface area contributed by atoms with Crippen molar-refractivity contribution in [2.24, 2.45) is 0 Å². The minimum Gasteiger partial charge on any atom is -0.465 e. The number of hydrogen-bond acceptors (Lipinski definition) is 5. The lowest BCUT2D eigenvalue weighted by molar-refractivity contribution is -0.138. The average Bonchev–Trinajstić information content (AvgIpc) is 2.37. The Morgan fingerprint density at radius 3 is 1.79 bits per heavy atom. The second-order valence-corrected chi connectivity index (χ2v) is 3.47. The number of ether oxygens (including phenoxy) is 2. The van der Waals surface area contributed by atoms with Gasteiger partial charge in [-0.25, -0.2) is 14.4 Å². The van der Waals surface area contributed by atoms with Crippen molar-refractivity contribution >= 4 is 18.0 Å². The van der Waals surface area contributed by atoms with Crippen LogP contribution in [0.15, 0.2) is 25.3 Å². The Balaban J connectivity index is 4.04. The van der Waals surface area contributed by atoms with Gasteiger partial charge in [-0.2, -0.15) is 0 Å². The van der Waals surface area contributed by atoms with E-state index in [1.165, 1.54) is 0 Å². The van der Waals surface area contributed by atoms with Crippen LogP contribution < -0.4 is 5.32 Å². The van der Waals surface area contributed by atoms with Crippen LogP contribution >= 0.6 is 0 Å². The summed E-state index contributed by atoms with van der Waals surface area (Å²) in [4.78, 5) is 32.2. The largest absolute Gasteiger partial charge is 0.465 e. The van der Waals surface area contributed by atoms with Gasteiger partial charge in [-0.3, -0.25) is 0 Å². The van der Waals surface area contributed by atoms with E-state index in [1.807, 2.05) is 0 Å². The Labute approximate surface area is 110 Å². The summed E-state index contributed by atoms with van der Waals surface area (Å²) in [6, 6.07) is -0.479. The first kappa shape index (κ1) is 16.7. The van der Waals surface area contributed by atoms with Gasteiger partial charge in [0.2, 0.25) is 0 Å². The second-order valence-electron chi connectivity index (χ2n) is 3.47. The quantitative estimate of drug-likeness (QED) is 0.476. The van der Waals surface area contributed by atoms with Gasteiger partial charge in [0.1, 0.15) is 0 Å². The highest BCUT2D eigenvalue weighted by atomic mass is 16.5. The average molecular weight is 271 g/mol. The van der Waals surface area contributed by atoms with Crippen LogP contribution in [0.25, 0.3) is 0 Å². The van der Waals surface area contributed by atoms with Gasteiger partial charge in [-0.15, -0.1) is 0 Å². The fourth-order valence-corrected chi connectivity index (χ4v) is 1.18. The fourth-order valence-electron chi connectivity index (χ4n) is 1.18. The Hall–Kier alpha value is -2.31. The van der Waals surface area contributed by atoms with E-state index in [2.05, 4.69) is 18.5 Å². The highest BCUT2D eigenvalue weighted by Gasteiger charge is 2.13. The molecule has 0 radical (unpaired) electrons. The summed E-state index contributed by atoms with van der Waals surface area (Å²) < 4.78 is 9.48. The maximum absolute atomic E-state index is 10.8. The molecule has 0 aromatic carbocycles. The smallest absolute Gasteiger partial charge is 0.404 e. The number of hydrogen-bond donors (Lipinski definition) is 2. The number of amides is 1. The van der Waals surface area contributed by atoms with Crippen molar-refractivity contribution in [1.29, 1.82) is 0 Å². The number of rotatable bonds is 9. The van der Waals surface area contributed by atoms with Crippen molar-refractivity contribution < 1.29 is 29.0 Å². The van der Waals surface area contributed by atoms with Crippen LogP contribution in [0.5, 0.6) is 0 Å². The first-order chi connectivity index (χ1) is 8.99. The first-order valence-electron chi connectivity index (χ1n) is 5.57. The molecule has 0 bridgehead atoms. The number of esters is 2. The lowest BCUT2D eigenvalue weighted by Gasteiger charge is -2.16. The van der Waals surface area contributed by atoms with Gasteiger partial charge in [0.25, 0.3) is 0 Å². The van der Waals surface area contributed by atoms with E-state index in [1.54, 1.807) is 0 Å². The molecule has 0 saturated carbocycles. The van der Waals surface area contributed by atoms with Gasteiger partial charge in [0, 0.05) is 31.0 Å². The molecule has 106 valence electrons. The SMILES string of the molecule is C=CC(=O)OCCC(CCOC(=O)C=C)NC(=O)O. The molecule has 19 heavy (non-hydrogen) atoms.